The van der Waals surface area contributed by atoms with Gasteiger partial charge in [-0.05, 0) is 48.9 Å². The third kappa shape index (κ3) is 3.37. The number of rotatable bonds is 4. The maximum atomic E-state index is 12.1. The number of hydrogen-bond donors (Lipinski definition) is 2. The van der Waals surface area contributed by atoms with Gasteiger partial charge in [-0.2, -0.15) is 0 Å². The number of carbonyl (C=O) groups excluding carboxylic acids is 1. The minimum atomic E-state index is 0.0265. The highest BCUT2D eigenvalue weighted by molar-refractivity contribution is 5.99. The Labute approximate surface area is 174 Å². The van der Waals surface area contributed by atoms with E-state index in [0.29, 0.717) is 11.6 Å². The number of anilines is 2. The molecule has 4 aromatic rings. The number of aryl methyl sites for hydroxylation is 1. The van der Waals surface area contributed by atoms with Crippen LogP contribution in [0.25, 0.3) is 33.3 Å². The number of fused-ring (bicyclic) bond motifs is 1. The predicted molar refractivity (Wildman–Crippen MR) is 119 cm³/mol. The van der Waals surface area contributed by atoms with Gasteiger partial charge in [-0.25, -0.2) is 9.97 Å². The summed E-state index contributed by atoms with van der Waals surface area (Å²) >= 11 is 0. The third-order valence-corrected chi connectivity index (χ3v) is 5.41. The van der Waals surface area contributed by atoms with Crippen LogP contribution in [-0.2, 0) is 4.79 Å². The zero-order valence-corrected chi connectivity index (χ0v) is 16.6. The quantitative estimate of drug-likeness (QED) is 0.527. The van der Waals surface area contributed by atoms with Crippen LogP contribution in [0.15, 0.2) is 60.9 Å². The van der Waals surface area contributed by atoms with Gasteiger partial charge in [0.2, 0.25) is 5.91 Å². The number of carbonyl (C=O) groups is 1. The van der Waals surface area contributed by atoms with E-state index in [0.717, 1.165) is 51.7 Å². The molecule has 1 saturated carbocycles. The molecule has 1 aliphatic rings. The number of nitrogens with one attached hydrogen (secondary N) is 1. The fourth-order valence-electron chi connectivity index (χ4n) is 3.64. The average molecular weight is 395 g/mol. The van der Waals surface area contributed by atoms with Gasteiger partial charge in [-0.3, -0.25) is 9.78 Å². The fourth-order valence-corrected chi connectivity index (χ4v) is 3.64. The molecule has 6 nitrogen and oxygen atoms in total. The van der Waals surface area contributed by atoms with Crippen LogP contribution in [0.4, 0.5) is 11.6 Å². The minimum Gasteiger partial charge on any atom is -0.383 e. The molecule has 30 heavy (non-hydrogen) atoms. The van der Waals surface area contributed by atoms with Crippen molar-refractivity contribution in [1.82, 2.24) is 15.0 Å². The van der Waals surface area contributed by atoms with E-state index in [1.165, 1.54) is 0 Å². The molecular formula is C24H21N5O. The molecule has 0 atom stereocenters. The zero-order valence-electron chi connectivity index (χ0n) is 16.6. The molecule has 1 amide bonds. The summed E-state index contributed by atoms with van der Waals surface area (Å²) in [5.74, 6) is 1.07. The molecular weight excluding hydrogens is 374 g/mol. The number of nitrogens with zero attached hydrogens (tertiary/aromatic N) is 3. The topological polar surface area (TPSA) is 93.8 Å². The maximum absolute atomic E-state index is 12.1. The van der Waals surface area contributed by atoms with E-state index in [2.05, 4.69) is 20.3 Å². The van der Waals surface area contributed by atoms with Crippen LogP contribution >= 0.6 is 0 Å². The number of pyridine rings is 3. The Morgan fingerprint density at radius 2 is 1.90 bits per heavy atom. The molecule has 0 bridgehead atoms. The van der Waals surface area contributed by atoms with Crippen molar-refractivity contribution < 1.29 is 4.79 Å². The molecule has 5 rings (SSSR count). The summed E-state index contributed by atoms with van der Waals surface area (Å²) in [5.41, 5.74) is 10.9. The Bertz CT molecular complexity index is 1270. The van der Waals surface area contributed by atoms with Gasteiger partial charge < -0.3 is 11.1 Å². The standard InChI is InChI=1S/C24H21N5O/c1-14-9-10-26-22(15-5-3-2-4-6-15)21(14)19-11-17-12-20(29-24(30)16-7-8-16)27-13-18(17)23(25)28-19/h2-6,9-13,16H,7-8H2,1H3,(H2,25,28)(H,27,29,30). The zero-order chi connectivity index (χ0) is 20.7. The summed E-state index contributed by atoms with van der Waals surface area (Å²) in [5, 5.41) is 4.53. The van der Waals surface area contributed by atoms with E-state index in [4.69, 9.17) is 5.73 Å². The summed E-state index contributed by atoms with van der Waals surface area (Å²) in [6, 6.07) is 15.8. The van der Waals surface area contributed by atoms with E-state index < -0.39 is 0 Å². The van der Waals surface area contributed by atoms with Gasteiger partial charge in [0.1, 0.15) is 11.6 Å². The lowest BCUT2D eigenvalue weighted by molar-refractivity contribution is -0.117. The van der Waals surface area contributed by atoms with E-state index in [-0.39, 0.29) is 11.8 Å². The van der Waals surface area contributed by atoms with Crippen LogP contribution in [-0.4, -0.2) is 20.9 Å². The molecule has 1 aromatic carbocycles. The van der Waals surface area contributed by atoms with Crippen LogP contribution < -0.4 is 11.1 Å². The van der Waals surface area contributed by atoms with Crippen LogP contribution in [0.2, 0.25) is 0 Å². The van der Waals surface area contributed by atoms with Crippen molar-refractivity contribution in [3.63, 3.8) is 0 Å². The largest absolute Gasteiger partial charge is 0.383 e. The highest BCUT2D eigenvalue weighted by atomic mass is 16.2. The third-order valence-electron chi connectivity index (χ3n) is 5.41. The Morgan fingerprint density at radius 3 is 2.67 bits per heavy atom. The second kappa shape index (κ2) is 7.22. The molecule has 148 valence electrons. The first kappa shape index (κ1) is 18.2. The molecule has 1 aliphatic carbocycles. The van der Waals surface area contributed by atoms with Crippen molar-refractivity contribution in [2.45, 2.75) is 19.8 Å². The Balaban J connectivity index is 1.63. The second-order valence-corrected chi connectivity index (χ2v) is 7.66. The van der Waals surface area contributed by atoms with Crippen molar-refractivity contribution in [3.8, 4) is 22.5 Å². The molecule has 0 aliphatic heterocycles. The van der Waals surface area contributed by atoms with Gasteiger partial charge in [0.05, 0.1) is 11.4 Å². The summed E-state index contributed by atoms with van der Waals surface area (Å²) in [6.45, 7) is 2.04. The van der Waals surface area contributed by atoms with Crippen molar-refractivity contribution in [3.05, 3.63) is 66.5 Å². The number of hydrogen-bond acceptors (Lipinski definition) is 5. The van der Waals surface area contributed by atoms with Gasteiger partial charge in [-0.1, -0.05) is 30.3 Å². The fraction of sp³-hybridized carbons (Fsp3) is 0.167. The van der Waals surface area contributed by atoms with Gasteiger partial charge >= 0.3 is 0 Å². The van der Waals surface area contributed by atoms with Gasteiger partial charge in [0, 0.05) is 34.8 Å². The van der Waals surface area contributed by atoms with Crippen LogP contribution in [0.3, 0.4) is 0 Å². The van der Waals surface area contributed by atoms with Gasteiger partial charge in [0.25, 0.3) is 0 Å². The van der Waals surface area contributed by atoms with Gasteiger partial charge in [0.15, 0.2) is 0 Å². The van der Waals surface area contributed by atoms with Gasteiger partial charge in [-0.15, -0.1) is 0 Å². The maximum Gasteiger partial charge on any atom is 0.228 e. The first-order valence-electron chi connectivity index (χ1n) is 9.98. The van der Waals surface area contributed by atoms with Crippen molar-refractivity contribution in [1.29, 1.82) is 0 Å². The molecule has 6 heteroatoms. The van der Waals surface area contributed by atoms with E-state index in [1.54, 1.807) is 12.4 Å². The van der Waals surface area contributed by atoms with E-state index in [1.807, 2.05) is 55.5 Å². The van der Waals surface area contributed by atoms with Crippen LogP contribution in [0, 0.1) is 12.8 Å². The number of aromatic nitrogens is 3. The molecule has 0 spiro atoms. The highest BCUT2D eigenvalue weighted by Gasteiger charge is 2.29. The number of nitrogens with two attached hydrogens (primary N) is 1. The van der Waals surface area contributed by atoms with E-state index in [9.17, 15) is 4.79 Å². The summed E-state index contributed by atoms with van der Waals surface area (Å²) < 4.78 is 0. The van der Waals surface area contributed by atoms with Crippen LogP contribution in [0.1, 0.15) is 18.4 Å². The number of amides is 1. The molecule has 0 unspecified atom stereocenters. The Kier molecular flexibility index (Phi) is 4.39. The molecule has 1 fully saturated rings. The first-order chi connectivity index (χ1) is 14.6. The minimum absolute atomic E-state index is 0.0265. The number of nitrogen functional groups attached to an aromatic ring is 1. The Morgan fingerprint density at radius 1 is 1.10 bits per heavy atom. The lowest BCUT2D eigenvalue weighted by Gasteiger charge is -2.14. The first-order valence-corrected chi connectivity index (χ1v) is 9.98. The monoisotopic (exact) mass is 395 g/mol. The number of benzene rings is 1. The predicted octanol–water partition coefficient (Wildman–Crippen LogP) is 4.60. The van der Waals surface area contributed by atoms with E-state index >= 15 is 0 Å². The summed E-state index contributed by atoms with van der Waals surface area (Å²) in [6.07, 6.45) is 5.37. The Hall–Kier alpha value is -3.80. The summed E-state index contributed by atoms with van der Waals surface area (Å²) in [7, 11) is 0. The molecule has 3 N–H and O–H groups in total. The molecule has 3 aromatic heterocycles. The molecule has 0 radical (unpaired) electrons. The smallest absolute Gasteiger partial charge is 0.228 e. The molecule has 0 saturated heterocycles. The lowest BCUT2D eigenvalue weighted by atomic mass is 9.98. The summed E-state index contributed by atoms with van der Waals surface area (Å²) in [4.78, 5) is 25.7. The van der Waals surface area contributed by atoms with Crippen LogP contribution in [0.5, 0.6) is 0 Å². The second-order valence-electron chi connectivity index (χ2n) is 7.66. The SMILES string of the molecule is Cc1ccnc(-c2ccccc2)c1-c1cc2cc(NC(=O)C3CC3)ncc2c(N)n1. The van der Waals surface area contributed by atoms with Crippen molar-refractivity contribution in [2.75, 3.05) is 11.1 Å². The van der Waals surface area contributed by atoms with Crippen molar-refractivity contribution in [2.24, 2.45) is 5.92 Å². The average Bonchev–Trinajstić information content (AvgIpc) is 3.59. The normalized spacial score (nSPS) is 13.4. The highest BCUT2D eigenvalue weighted by Crippen LogP contribution is 2.35. The lowest BCUT2D eigenvalue weighted by Crippen LogP contribution is -2.14. The molecule has 3 heterocycles. The van der Waals surface area contributed by atoms with Crippen molar-refractivity contribution >= 4 is 28.3 Å².